The van der Waals surface area contributed by atoms with Crippen molar-refractivity contribution in [3.8, 4) is 0 Å². The summed E-state index contributed by atoms with van der Waals surface area (Å²) in [5.74, 6) is -0.603. The molecule has 10 heteroatoms. The highest BCUT2D eigenvalue weighted by atomic mass is 32.2. The second-order valence-corrected chi connectivity index (χ2v) is 12.0. The molecule has 1 saturated heterocycles. The summed E-state index contributed by atoms with van der Waals surface area (Å²) in [6.07, 6.45) is 0.518. The molecule has 3 aromatic carbocycles. The highest BCUT2D eigenvalue weighted by molar-refractivity contribution is 7.92. The van der Waals surface area contributed by atoms with Gasteiger partial charge in [-0.25, -0.2) is 8.42 Å². The van der Waals surface area contributed by atoms with Crippen LogP contribution in [0.25, 0.3) is 0 Å². The number of carbonyl (C=O) groups is 2. The van der Waals surface area contributed by atoms with Crippen LogP contribution in [0.3, 0.4) is 0 Å². The fraction of sp³-hybridized carbons (Fsp3) is 0.333. The predicted octanol–water partition coefficient (Wildman–Crippen LogP) is 1.60. The van der Waals surface area contributed by atoms with Gasteiger partial charge >= 0.3 is 0 Å². The molecule has 212 valence electrons. The Morgan fingerprint density at radius 1 is 0.925 bits per heavy atom. The normalized spacial score (nSPS) is 17.9. The molecule has 0 saturated carbocycles. The van der Waals surface area contributed by atoms with Crippen LogP contribution in [0.2, 0.25) is 0 Å². The second kappa shape index (κ2) is 13.8. The van der Waals surface area contributed by atoms with Crippen LogP contribution >= 0.6 is 0 Å². The van der Waals surface area contributed by atoms with Gasteiger partial charge < -0.3 is 26.8 Å². The molecule has 1 amide bonds. The third kappa shape index (κ3) is 7.61. The van der Waals surface area contributed by atoms with E-state index < -0.39 is 39.3 Å². The number of amides is 1. The maximum Gasteiger partial charge on any atom is 0.237 e. The zero-order valence-electron chi connectivity index (χ0n) is 22.2. The Morgan fingerprint density at radius 3 is 2.20 bits per heavy atom. The molecule has 0 radical (unpaired) electrons. The minimum Gasteiger partial charge on any atom is -0.367 e. The summed E-state index contributed by atoms with van der Waals surface area (Å²) >= 11 is 0. The number of morpholine rings is 1. The molecular formula is C30H36N4O5S. The Labute approximate surface area is 235 Å². The molecule has 3 unspecified atom stereocenters. The van der Waals surface area contributed by atoms with Gasteiger partial charge in [-0.05, 0) is 42.5 Å². The van der Waals surface area contributed by atoms with Crippen LogP contribution < -0.4 is 22.1 Å². The molecule has 1 aliphatic rings. The van der Waals surface area contributed by atoms with E-state index in [0.717, 1.165) is 17.7 Å². The zero-order chi connectivity index (χ0) is 28.5. The van der Waals surface area contributed by atoms with Gasteiger partial charge in [0.05, 0.1) is 23.6 Å². The van der Waals surface area contributed by atoms with Gasteiger partial charge in [-0.1, -0.05) is 72.8 Å². The van der Waals surface area contributed by atoms with Gasteiger partial charge in [0.15, 0.2) is 15.6 Å². The Hall–Kier alpha value is -3.41. The summed E-state index contributed by atoms with van der Waals surface area (Å²) in [6.45, 7) is 1.68. The first-order valence-electron chi connectivity index (χ1n) is 13.4. The number of rotatable bonds is 12. The highest BCUT2D eigenvalue weighted by Crippen LogP contribution is 2.19. The van der Waals surface area contributed by atoms with Gasteiger partial charge in [0, 0.05) is 18.7 Å². The molecule has 3 aromatic rings. The summed E-state index contributed by atoms with van der Waals surface area (Å²) in [5.41, 5.74) is 14.8. The molecular weight excluding hydrogens is 528 g/mol. The zero-order valence-corrected chi connectivity index (χ0v) is 23.1. The molecule has 6 N–H and O–H groups in total. The summed E-state index contributed by atoms with van der Waals surface area (Å²) in [7, 11) is -3.92. The van der Waals surface area contributed by atoms with E-state index in [2.05, 4.69) is 10.6 Å². The summed E-state index contributed by atoms with van der Waals surface area (Å²) < 4.78 is 32.1. The number of nitrogens with two attached hydrogens (primary N) is 2. The molecule has 4 atom stereocenters. The number of benzene rings is 3. The maximum absolute atomic E-state index is 13.3. The predicted molar refractivity (Wildman–Crippen MR) is 153 cm³/mol. The van der Waals surface area contributed by atoms with Gasteiger partial charge in [-0.3, -0.25) is 9.59 Å². The summed E-state index contributed by atoms with van der Waals surface area (Å²) in [6, 6.07) is 22.6. The average molecular weight is 565 g/mol. The first-order chi connectivity index (χ1) is 19.3. The van der Waals surface area contributed by atoms with Crippen molar-refractivity contribution in [3.05, 3.63) is 102 Å². The number of nitrogens with one attached hydrogen (secondary N) is 2. The van der Waals surface area contributed by atoms with E-state index in [-0.39, 0.29) is 17.1 Å². The fourth-order valence-electron chi connectivity index (χ4n) is 4.63. The molecule has 9 nitrogen and oxygen atoms in total. The van der Waals surface area contributed by atoms with Crippen LogP contribution in [0, 0.1) is 0 Å². The van der Waals surface area contributed by atoms with E-state index in [9.17, 15) is 18.0 Å². The molecule has 4 rings (SSSR count). The minimum atomic E-state index is -3.92. The minimum absolute atomic E-state index is 0.0924. The van der Waals surface area contributed by atoms with Crippen molar-refractivity contribution in [1.29, 1.82) is 0 Å². The van der Waals surface area contributed by atoms with Gasteiger partial charge in [-0.15, -0.1) is 0 Å². The number of hydrogen-bond acceptors (Lipinski definition) is 8. The lowest BCUT2D eigenvalue weighted by atomic mass is 10.00. The Balaban J connectivity index is 1.43. The smallest absolute Gasteiger partial charge is 0.237 e. The summed E-state index contributed by atoms with van der Waals surface area (Å²) in [5, 5.41) is 4.59. The quantitative estimate of drug-likeness (QED) is 0.242. The van der Waals surface area contributed by atoms with Crippen molar-refractivity contribution >= 4 is 21.5 Å². The van der Waals surface area contributed by atoms with Crippen molar-refractivity contribution < 1.29 is 22.7 Å². The number of hydrogen-bond donors (Lipinski definition) is 4. The van der Waals surface area contributed by atoms with Crippen molar-refractivity contribution in [1.82, 2.24) is 10.6 Å². The van der Waals surface area contributed by atoms with E-state index in [1.807, 2.05) is 30.3 Å². The van der Waals surface area contributed by atoms with Gasteiger partial charge in [-0.2, -0.15) is 0 Å². The standard InChI is InChI=1S/C30H36N4O5S/c31-25(19-22-11-14-23(15-12-22)28(35)27-20-33-17-18-39-27)30(36)34-26(16-13-21-7-3-1-4-8-21)29(32)40(37,38)24-9-5-2-6-10-24/h1-12,14-15,25-27,29,33H,13,16-20,31-32H2,(H,34,36)/t25-,26?,27?,29?/m0/s1. The van der Waals surface area contributed by atoms with Crippen LogP contribution in [0.5, 0.6) is 0 Å². The lowest BCUT2D eigenvalue weighted by molar-refractivity contribution is -0.123. The largest absolute Gasteiger partial charge is 0.367 e. The monoisotopic (exact) mass is 564 g/mol. The van der Waals surface area contributed by atoms with Crippen molar-refractivity contribution in [2.45, 2.75) is 47.7 Å². The van der Waals surface area contributed by atoms with Crippen molar-refractivity contribution in [2.24, 2.45) is 11.5 Å². The number of aryl methyl sites for hydroxylation is 1. The second-order valence-electron chi connectivity index (χ2n) is 9.90. The molecule has 1 heterocycles. The van der Waals surface area contributed by atoms with Crippen LogP contribution in [0.1, 0.15) is 27.9 Å². The summed E-state index contributed by atoms with van der Waals surface area (Å²) in [4.78, 5) is 25.9. The van der Waals surface area contributed by atoms with E-state index in [0.29, 0.717) is 31.6 Å². The molecule has 1 fully saturated rings. The first kappa shape index (κ1) is 29.6. The number of Topliss-reactive ketones (excluding diaryl/α,β-unsaturated/α-hetero) is 1. The van der Waals surface area contributed by atoms with Crippen molar-refractivity contribution in [3.63, 3.8) is 0 Å². The molecule has 1 aliphatic heterocycles. The fourth-order valence-corrected chi connectivity index (χ4v) is 6.12. The SMILES string of the molecule is NC(C(CCc1ccccc1)NC(=O)[C@@H](N)Cc1ccc(C(=O)C2CNCCO2)cc1)S(=O)(=O)c1ccccc1. The van der Waals surface area contributed by atoms with E-state index in [1.165, 1.54) is 12.1 Å². The van der Waals surface area contributed by atoms with Gasteiger partial charge in [0.2, 0.25) is 5.91 Å². The average Bonchev–Trinajstić information content (AvgIpc) is 3.00. The van der Waals surface area contributed by atoms with E-state index >= 15 is 0 Å². The van der Waals surface area contributed by atoms with E-state index in [1.54, 1.807) is 42.5 Å². The Bertz CT molecular complexity index is 1360. The van der Waals surface area contributed by atoms with Gasteiger partial charge in [0.1, 0.15) is 11.5 Å². The lowest BCUT2D eigenvalue weighted by Crippen LogP contribution is -2.55. The van der Waals surface area contributed by atoms with Crippen LogP contribution in [-0.4, -0.2) is 63.4 Å². The third-order valence-corrected chi connectivity index (χ3v) is 8.97. The van der Waals surface area contributed by atoms with E-state index in [4.69, 9.17) is 16.2 Å². The van der Waals surface area contributed by atoms with Crippen LogP contribution in [0.4, 0.5) is 0 Å². The number of sulfone groups is 1. The third-order valence-electron chi connectivity index (χ3n) is 6.99. The number of ketones is 1. The number of ether oxygens (including phenoxy) is 1. The van der Waals surface area contributed by atoms with Gasteiger partial charge in [0.25, 0.3) is 0 Å². The lowest BCUT2D eigenvalue weighted by Gasteiger charge is -2.26. The van der Waals surface area contributed by atoms with Crippen LogP contribution in [0.15, 0.2) is 89.8 Å². The van der Waals surface area contributed by atoms with Crippen molar-refractivity contribution in [2.75, 3.05) is 19.7 Å². The topological polar surface area (TPSA) is 154 Å². The Kier molecular flexibility index (Phi) is 10.2. The van der Waals surface area contributed by atoms with Crippen LogP contribution in [-0.2, 0) is 32.2 Å². The highest BCUT2D eigenvalue weighted by Gasteiger charge is 2.33. The molecule has 40 heavy (non-hydrogen) atoms. The molecule has 0 aromatic heterocycles. The Morgan fingerprint density at radius 2 is 1.57 bits per heavy atom. The first-order valence-corrected chi connectivity index (χ1v) is 14.9. The maximum atomic E-state index is 13.3. The number of carbonyl (C=O) groups excluding carboxylic acids is 2. The molecule has 0 bridgehead atoms. The molecule has 0 aliphatic carbocycles. The molecule has 0 spiro atoms.